The van der Waals surface area contributed by atoms with E-state index in [2.05, 4.69) is 4.90 Å². The molecule has 2 rings (SSSR count). The van der Waals surface area contributed by atoms with Crippen LogP contribution in [0.3, 0.4) is 0 Å². The molecular weight excluding hydrogens is 226 g/mol. The molecule has 0 aliphatic carbocycles. The monoisotopic (exact) mass is 241 g/mol. The molecule has 0 aromatic heterocycles. The third kappa shape index (κ3) is 2.42. The fourth-order valence-electron chi connectivity index (χ4n) is 2.02. The standard InChI is InChI=1S/C12H16ClNO2/c1-16-12-3-2-9(13)8-11(12)14-6-4-10(15)5-7-14/h2-3,8,10,15H,4-7H2,1H3. The lowest BCUT2D eigenvalue weighted by Crippen LogP contribution is -2.35. The Hall–Kier alpha value is -0.930. The highest BCUT2D eigenvalue weighted by Gasteiger charge is 2.19. The molecule has 0 atom stereocenters. The summed E-state index contributed by atoms with van der Waals surface area (Å²) < 4.78 is 5.32. The van der Waals surface area contributed by atoms with E-state index in [0.29, 0.717) is 5.02 Å². The van der Waals surface area contributed by atoms with Gasteiger partial charge in [-0.05, 0) is 31.0 Å². The van der Waals surface area contributed by atoms with Gasteiger partial charge in [-0.1, -0.05) is 11.6 Å². The third-order valence-electron chi connectivity index (χ3n) is 2.95. The average Bonchev–Trinajstić information content (AvgIpc) is 2.30. The second-order valence-electron chi connectivity index (χ2n) is 4.03. The molecule has 1 N–H and O–H groups in total. The second-order valence-corrected chi connectivity index (χ2v) is 4.47. The van der Waals surface area contributed by atoms with E-state index in [1.54, 1.807) is 7.11 Å². The molecule has 1 saturated heterocycles. The quantitative estimate of drug-likeness (QED) is 0.863. The van der Waals surface area contributed by atoms with Crippen LogP contribution in [0.5, 0.6) is 5.75 Å². The Balaban J connectivity index is 2.21. The number of ether oxygens (including phenoxy) is 1. The maximum atomic E-state index is 9.47. The van der Waals surface area contributed by atoms with Crippen LogP contribution in [0.1, 0.15) is 12.8 Å². The number of benzene rings is 1. The summed E-state index contributed by atoms with van der Waals surface area (Å²) in [4.78, 5) is 2.21. The van der Waals surface area contributed by atoms with E-state index in [1.807, 2.05) is 18.2 Å². The molecule has 1 aliphatic heterocycles. The molecule has 1 heterocycles. The summed E-state index contributed by atoms with van der Waals surface area (Å²) in [5, 5.41) is 10.2. The van der Waals surface area contributed by atoms with E-state index in [4.69, 9.17) is 16.3 Å². The molecule has 0 amide bonds. The molecular formula is C12H16ClNO2. The van der Waals surface area contributed by atoms with E-state index < -0.39 is 0 Å². The molecule has 1 aliphatic rings. The van der Waals surface area contributed by atoms with Crippen molar-refractivity contribution in [3.05, 3.63) is 23.2 Å². The van der Waals surface area contributed by atoms with E-state index >= 15 is 0 Å². The van der Waals surface area contributed by atoms with Crippen molar-refractivity contribution in [1.82, 2.24) is 0 Å². The average molecular weight is 242 g/mol. The van der Waals surface area contributed by atoms with Gasteiger partial charge in [0.1, 0.15) is 5.75 Å². The van der Waals surface area contributed by atoms with Crippen molar-refractivity contribution in [2.75, 3.05) is 25.1 Å². The molecule has 0 saturated carbocycles. The molecule has 0 bridgehead atoms. The maximum absolute atomic E-state index is 9.47. The minimum Gasteiger partial charge on any atom is -0.495 e. The van der Waals surface area contributed by atoms with E-state index in [1.165, 1.54) is 0 Å². The summed E-state index contributed by atoms with van der Waals surface area (Å²) >= 11 is 5.99. The van der Waals surface area contributed by atoms with Gasteiger partial charge in [-0.15, -0.1) is 0 Å². The first kappa shape index (κ1) is 11.6. The van der Waals surface area contributed by atoms with Crippen LogP contribution in [0.2, 0.25) is 5.02 Å². The summed E-state index contributed by atoms with van der Waals surface area (Å²) in [6, 6.07) is 5.61. The van der Waals surface area contributed by atoms with Gasteiger partial charge in [-0.2, -0.15) is 0 Å². The number of piperidine rings is 1. The zero-order chi connectivity index (χ0) is 11.5. The van der Waals surface area contributed by atoms with Gasteiger partial charge in [0, 0.05) is 18.1 Å². The van der Waals surface area contributed by atoms with Crippen LogP contribution < -0.4 is 9.64 Å². The van der Waals surface area contributed by atoms with E-state index in [9.17, 15) is 5.11 Å². The first-order chi connectivity index (χ1) is 7.70. The maximum Gasteiger partial charge on any atom is 0.142 e. The van der Waals surface area contributed by atoms with Crippen molar-refractivity contribution in [2.24, 2.45) is 0 Å². The topological polar surface area (TPSA) is 32.7 Å². The van der Waals surface area contributed by atoms with Gasteiger partial charge < -0.3 is 14.7 Å². The second kappa shape index (κ2) is 4.93. The number of hydrogen-bond acceptors (Lipinski definition) is 3. The van der Waals surface area contributed by atoms with Crippen molar-refractivity contribution < 1.29 is 9.84 Å². The van der Waals surface area contributed by atoms with Crippen LogP contribution in [-0.4, -0.2) is 31.4 Å². The van der Waals surface area contributed by atoms with Crippen LogP contribution in [0.4, 0.5) is 5.69 Å². The van der Waals surface area contributed by atoms with Gasteiger partial charge in [0.25, 0.3) is 0 Å². The number of rotatable bonds is 2. The van der Waals surface area contributed by atoms with Crippen molar-refractivity contribution in [1.29, 1.82) is 0 Å². The number of aliphatic hydroxyl groups excluding tert-OH is 1. The molecule has 1 aromatic rings. The Morgan fingerprint density at radius 1 is 1.38 bits per heavy atom. The first-order valence-electron chi connectivity index (χ1n) is 5.47. The zero-order valence-electron chi connectivity index (χ0n) is 9.32. The number of anilines is 1. The molecule has 16 heavy (non-hydrogen) atoms. The molecule has 1 aromatic carbocycles. The molecule has 88 valence electrons. The van der Waals surface area contributed by atoms with Gasteiger partial charge in [-0.3, -0.25) is 0 Å². The van der Waals surface area contributed by atoms with Crippen LogP contribution in [-0.2, 0) is 0 Å². The minimum atomic E-state index is -0.165. The van der Waals surface area contributed by atoms with Crippen molar-refractivity contribution in [2.45, 2.75) is 18.9 Å². The summed E-state index contributed by atoms with van der Waals surface area (Å²) in [6.07, 6.45) is 1.44. The van der Waals surface area contributed by atoms with Crippen LogP contribution in [0, 0.1) is 0 Å². The minimum absolute atomic E-state index is 0.165. The van der Waals surface area contributed by atoms with E-state index in [0.717, 1.165) is 37.4 Å². The molecule has 3 nitrogen and oxygen atoms in total. The highest BCUT2D eigenvalue weighted by atomic mass is 35.5. The fraction of sp³-hybridized carbons (Fsp3) is 0.500. The summed E-state index contributed by atoms with van der Waals surface area (Å²) in [7, 11) is 1.66. The number of methoxy groups -OCH3 is 1. The Bertz CT molecular complexity index is 362. The molecule has 0 unspecified atom stereocenters. The predicted octanol–water partition coefficient (Wildman–Crippen LogP) is 2.31. The largest absolute Gasteiger partial charge is 0.495 e. The van der Waals surface area contributed by atoms with Crippen molar-refractivity contribution >= 4 is 17.3 Å². The lowest BCUT2D eigenvalue weighted by molar-refractivity contribution is 0.145. The highest BCUT2D eigenvalue weighted by Crippen LogP contribution is 2.32. The van der Waals surface area contributed by atoms with Crippen LogP contribution in [0.15, 0.2) is 18.2 Å². The number of aliphatic hydroxyl groups is 1. The van der Waals surface area contributed by atoms with Crippen molar-refractivity contribution in [3.8, 4) is 5.75 Å². The van der Waals surface area contributed by atoms with Gasteiger partial charge in [-0.25, -0.2) is 0 Å². The Labute approximate surface area is 101 Å². The lowest BCUT2D eigenvalue weighted by atomic mass is 10.1. The SMILES string of the molecule is COc1ccc(Cl)cc1N1CCC(O)CC1. The first-order valence-corrected chi connectivity index (χ1v) is 5.85. The number of halogens is 1. The Kier molecular flexibility index (Phi) is 3.56. The fourth-order valence-corrected chi connectivity index (χ4v) is 2.18. The molecule has 0 spiro atoms. The summed E-state index contributed by atoms with van der Waals surface area (Å²) in [5.41, 5.74) is 1.02. The third-order valence-corrected chi connectivity index (χ3v) is 3.18. The molecule has 1 fully saturated rings. The number of hydrogen-bond donors (Lipinski definition) is 1. The smallest absolute Gasteiger partial charge is 0.142 e. The Morgan fingerprint density at radius 2 is 2.06 bits per heavy atom. The molecule has 4 heteroatoms. The summed E-state index contributed by atoms with van der Waals surface area (Å²) in [6.45, 7) is 1.69. The Morgan fingerprint density at radius 3 is 2.69 bits per heavy atom. The number of nitrogens with zero attached hydrogens (tertiary/aromatic N) is 1. The van der Waals surface area contributed by atoms with Gasteiger partial charge in [0.05, 0.1) is 18.9 Å². The van der Waals surface area contributed by atoms with Crippen LogP contribution >= 0.6 is 11.6 Å². The van der Waals surface area contributed by atoms with Crippen molar-refractivity contribution in [3.63, 3.8) is 0 Å². The molecule has 0 radical (unpaired) electrons. The highest BCUT2D eigenvalue weighted by molar-refractivity contribution is 6.30. The van der Waals surface area contributed by atoms with E-state index in [-0.39, 0.29) is 6.10 Å². The van der Waals surface area contributed by atoms with Gasteiger partial charge >= 0.3 is 0 Å². The van der Waals surface area contributed by atoms with Gasteiger partial charge in [0.2, 0.25) is 0 Å². The zero-order valence-corrected chi connectivity index (χ0v) is 10.1. The predicted molar refractivity (Wildman–Crippen MR) is 65.5 cm³/mol. The van der Waals surface area contributed by atoms with Crippen LogP contribution in [0.25, 0.3) is 0 Å². The normalized spacial score (nSPS) is 17.6. The summed E-state index contributed by atoms with van der Waals surface area (Å²) in [5.74, 6) is 0.834. The lowest BCUT2D eigenvalue weighted by Gasteiger charge is -2.32. The van der Waals surface area contributed by atoms with Gasteiger partial charge in [0.15, 0.2) is 0 Å².